The van der Waals surface area contributed by atoms with Gasteiger partial charge in [-0.3, -0.25) is 4.79 Å². The first-order valence-electron chi connectivity index (χ1n) is 9.95. The molecule has 1 fully saturated rings. The predicted molar refractivity (Wildman–Crippen MR) is 101 cm³/mol. The largest absolute Gasteiger partial charge is 0.481 e. The molecule has 0 spiro atoms. The number of aliphatic carboxylic acids is 1. The Bertz CT molecular complexity index is 416. The highest BCUT2D eigenvalue weighted by atomic mass is 16.4. The molecule has 0 bridgehead atoms. The molecule has 144 valence electrons. The number of unbranched alkanes of at least 4 members (excludes halogenated alkanes) is 4. The summed E-state index contributed by atoms with van der Waals surface area (Å²) in [6.07, 6.45) is 17.2. The lowest BCUT2D eigenvalue weighted by Gasteiger charge is -2.18. The van der Waals surface area contributed by atoms with Crippen LogP contribution in [0.15, 0.2) is 24.3 Å². The molecular weight excluding hydrogens is 316 g/mol. The molecule has 1 aliphatic rings. The summed E-state index contributed by atoms with van der Waals surface area (Å²) in [5.74, 6) is -0.221. The van der Waals surface area contributed by atoms with Crippen molar-refractivity contribution in [3.63, 3.8) is 0 Å². The van der Waals surface area contributed by atoms with Crippen molar-refractivity contribution in [2.45, 2.75) is 89.8 Å². The smallest absolute Gasteiger partial charge is 0.303 e. The van der Waals surface area contributed by atoms with E-state index in [9.17, 15) is 15.0 Å². The zero-order valence-electron chi connectivity index (χ0n) is 15.6. The first-order chi connectivity index (χ1) is 12.0. The van der Waals surface area contributed by atoms with Crippen molar-refractivity contribution in [3.8, 4) is 0 Å². The van der Waals surface area contributed by atoms with E-state index in [1.807, 2.05) is 12.2 Å². The third kappa shape index (κ3) is 9.81. The van der Waals surface area contributed by atoms with Gasteiger partial charge in [0.2, 0.25) is 0 Å². The number of carboxylic acids is 1. The highest BCUT2D eigenvalue weighted by Crippen LogP contribution is 2.36. The fourth-order valence-electron chi connectivity index (χ4n) is 3.54. The minimum atomic E-state index is -0.752. The van der Waals surface area contributed by atoms with Gasteiger partial charge in [0.15, 0.2) is 0 Å². The second-order valence-corrected chi connectivity index (χ2v) is 7.27. The molecule has 0 saturated heterocycles. The monoisotopic (exact) mass is 352 g/mol. The molecule has 0 aromatic carbocycles. The molecule has 1 saturated carbocycles. The van der Waals surface area contributed by atoms with Crippen molar-refractivity contribution in [3.05, 3.63) is 24.3 Å². The molecule has 1 rings (SSSR count). The van der Waals surface area contributed by atoms with Crippen LogP contribution in [0.25, 0.3) is 0 Å². The van der Waals surface area contributed by atoms with Gasteiger partial charge in [0.05, 0.1) is 12.2 Å². The van der Waals surface area contributed by atoms with Crippen LogP contribution in [0.5, 0.6) is 0 Å². The maximum atomic E-state index is 10.5. The van der Waals surface area contributed by atoms with Crippen LogP contribution in [0.4, 0.5) is 0 Å². The number of aliphatic hydroxyl groups is 2. The number of aliphatic hydroxyl groups excluding tert-OH is 2. The summed E-state index contributed by atoms with van der Waals surface area (Å²) in [6.45, 7) is 2.18. The first-order valence-corrected chi connectivity index (χ1v) is 9.95. The predicted octanol–water partition coefficient (Wildman–Crippen LogP) is 4.46. The lowest BCUT2D eigenvalue weighted by atomic mass is 9.90. The Morgan fingerprint density at radius 2 is 1.96 bits per heavy atom. The lowest BCUT2D eigenvalue weighted by Crippen LogP contribution is -2.17. The van der Waals surface area contributed by atoms with Gasteiger partial charge in [-0.25, -0.2) is 0 Å². The molecule has 0 aromatic rings. The first kappa shape index (κ1) is 21.9. The third-order valence-electron chi connectivity index (χ3n) is 5.11. The Morgan fingerprint density at radius 1 is 1.16 bits per heavy atom. The van der Waals surface area contributed by atoms with Crippen LogP contribution in [0.1, 0.15) is 77.6 Å². The Morgan fingerprint density at radius 3 is 2.68 bits per heavy atom. The van der Waals surface area contributed by atoms with Crippen LogP contribution in [-0.2, 0) is 4.79 Å². The maximum absolute atomic E-state index is 10.5. The second-order valence-electron chi connectivity index (χ2n) is 7.27. The Balaban J connectivity index is 2.33. The quantitative estimate of drug-likeness (QED) is 0.338. The van der Waals surface area contributed by atoms with Gasteiger partial charge in [0.25, 0.3) is 0 Å². The number of hydrogen-bond acceptors (Lipinski definition) is 3. The molecule has 4 heteroatoms. The van der Waals surface area contributed by atoms with Gasteiger partial charge in [-0.2, -0.15) is 0 Å². The number of carbonyl (C=O) groups is 1. The zero-order chi connectivity index (χ0) is 18.5. The SMILES string of the molecule is CCCCCCC(O)/C=C/C1CCC(O)C1C/C=C/CCCC(=O)O. The van der Waals surface area contributed by atoms with E-state index in [0.29, 0.717) is 12.3 Å². The Hall–Kier alpha value is -1.13. The third-order valence-corrected chi connectivity index (χ3v) is 5.11. The lowest BCUT2D eigenvalue weighted by molar-refractivity contribution is -0.137. The summed E-state index contributed by atoms with van der Waals surface area (Å²) >= 11 is 0. The van der Waals surface area contributed by atoms with E-state index in [0.717, 1.165) is 38.5 Å². The summed E-state index contributed by atoms with van der Waals surface area (Å²) < 4.78 is 0. The number of allylic oxidation sites excluding steroid dienone is 3. The molecule has 3 N–H and O–H groups in total. The van der Waals surface area contributed by atoms with E-state index in [2.05, 4.69) is 19.1 Å². The topological polar surface area (TPSA) is 77.8 Å². The Labute approximate surface area is 152 Å². The van der Waals surface area contributed by atoms with Gasteiger partial charge >= 0.3 is 5.97 Å². The van der Waals surface area contributed by atoms with Crippen LogP contribution in [0.3, 0.4) is 0 Å². The molecule has 4 atom stereocenters. The summed E-state index contributed by atoms with van der Waals surface area (Å²) in [5, 5.41) is 28.9. The highest BCUT2D eigenvalue weighted by Gasteiger charge is 2.32. The minimum absolute atomic E-state index is 0.206. The second kappa shape index (κ2) is 13.1. The van der Waals surface area contributed by atoms with Crippen molar-refractivity contribution in [2.24, 2.45) is 11.8 Å². The molecule has 25 heavy (non-hydrogen) atoms. The number of hydrogen-bond donors (Lipinski definition) is 3. The van der Waals surface area contributed by atoms with Gasteiger partial charge in [-0.1, -0.05) is 56.9 Å². The average Bonchev–Trinajstić information content (AvgIpc) is 2.93. The summed E-state index contributed by atoms with van der Waals surface area (Å²) in [4.78, 5) is 10.5. The molecule has 0 aliphatic heterocycles. The number of rotatable bonds is 13. The van der Waals surface area contributed by atoms with Crippen LogP contribution in [0.2, 0.25) is 0 Å². The molecule has 4 unspecified atom stereocenters. The van der Waals surface area contributed by atoms with Crippen molar-refractivity contribution >= 4 is 5.97 Å². The van der Waals surface area contributed by atoms with Gasteiger partial charge in [-0.15, -0.1) is 0 Å². The molecule has 0 heterocycles. The van der Waals surface area contributed by atoms with E-state index in [1.54, 1.807) is 0 Å². The maximum Gasteiger partial charge on any atom is 0.303 e. The van der Waals surface area contributed by atoms with Gasteiger partial charge in [0.1, 0.15) is 0 Å². The summed E-state index contributed by atoms with van der Waals surface area (Å²) in [7, 11) is 0. The average molecular weight is 353 g/mol. The molecule has 0 amide bonds. The standard InChI is InChI=1S/C21H36O4/c1-2-3-4-7-10-18(22)15-13-17-14-16-20(23)19(17)11-8-5-6-9-12-21(24)25/h5,8,13,15,17-20,22-23H,2-4,6-7,9-12,14,16H2,1H3,(H,24,25)/b8-5+,15-13+. The van der Waals surface area contributed by atoms with Gasteiger partial charge in [0, 0.05) is 6.42 Å². The van der Waals surface area contributed by atoms with Crippen LogP contribution in [-0.4, -0.2) is 33.5 Å². The fourth-order valence-corrected chi connectivity index (χ4v) is 3.54. The van der Waals surface area contributed by atoms with Crippen LogP contribution < -0.4 is 0 Å². The molecular formula is C21H36O4. The van der Waals surface area contributed by atoms with Gasteiger partial charge in [-0.05, 0) is 50.4 Å². The van der Waals surface area contributed by atoms with Crippen molar-refractivity contribution in [2.75, 3.05) is 0 Å². The molecule has 4 nitrogen and oxygen atoms in total. The van der Waals surface area contributed by atoms with E-state index in [-0.39, 0.29) is 24.5 Å². The normalized spacial score (nSPS) is 25.2. The van der Waals surface area contributed by atoms with E-state index in [1.165, 1.54) is 19.3 Å². The van der Waals surface area contributed by atoms with Crippen molar-refractivity contribution in [1.29, 1.82) is 0 Å². The van der Waals surface area contributed by atoms with Crippen molar-refractivity contribution in [1.82, 2.24) is 0 Å². The number of carboxylic acid groups (broad SMARTS) is 1. The highest BCUT2D eigenvalue weighted by molar-refractivity contribution is 5.66. The molecule has 0 radical (unpaired) electrons. The molecule has 1 aliphatic carbocycles. The van der Waals surface area contributed by atoms with E-state index in [4.69, 9.17) is 5.11 Å². The van der Waals surface area contributed by atoms with E-state index >= 15 is 0 Å². The summed E-state index contributed by atoms with van der Waals surface area (Å²) in [6, 6.07) is 0. The van der Waals surface area contributed by atoms with Crippen LogP contribution in [0, 0.1) is 11.8 Å². The van der Waals surface area contributed by atoms with Gasteiger partial charge < -0.3 is 15.3 Å². The van der Waals surface area contributed by atoms with Crippen molar-refractivity contribution < 1.29 is 20.1 Å². The molecule has 0 aromatic heterocycles. The fraction of sp³-hybridized carbons (Fsp3) is 0.762. The van der Waals surface area contributed by atoms with Crippen LogP contribution >= 0.6 is 0 Å². The minimum Gasteiger partial charge on any atom is -0.481 e. The zero-order valence-corrected chi connectivity index (χ0v) is 15.6. The Kier molecular flexibility index (Phi) is 11.5. The summed E-state index contributed by atoms with van der Waals surface area (Å²) in [5.41, 5.74) is 0. The van der Waals surface area contributed by atoms with E-state index < -0.39 is 5.97 Å².